The van der Waals surface area contributed by atoms with Gasteiger partial charge in [0.1, 0.15) is 17.8 Å². The number of halogens is 2. The second kappa shape index (κ2) is 8.21. The summed E-state index contributed by atoms with van der Waals surface area (Å²) in [4.78, 5) is 31.3. The van der Waals surface area contributed by atoms with Crippen LogP contribution in [0.1, 0.15) is 17.4 Å². The summed E-state index contributed by atoms with van der Waals surface area (Å²) >= 11 is 0. The SMILES string of the molecule is CC(=O)Nc1ccc(NC(=O)c2cc(Nc3ccc(F)c(F)c3)ncn2)cc1. The number of carbonyl (C=O) groups is 2. The Balaban J connectivity index is 1.69. The summed E-state index contributed by atoms with van der Waals surface area (Å²) in [5.74, 6) is -2.40. The Bertz CT molecular complexity index is 1030. The zero-order valence-electron chi connectivity index (χ0n) is 14.7. The number of amides is 2. The van der Waals surface area contributed by atoms with Crippen LogP contribution in [-0.4, -0.2) is 21.8 Å². The Morgan fingerprint density at radius 1 is 0.821 bits per heavy atom. The lowest BCUT2D eigenvalue weighted by atomic mass is 10.2. The molecule has 0 aliphatic rings. The van der Waals surface area contributed by atoms with Gasteiger partial charge in [-0.25, -0.2) is 18.7 Å². The van der Waals surface area contributed by atoms with Crippen LogP contribution < -0.4 is 16.0 Å². The van der Waals surface area contributed by atoms with E-state index in [1.54, 1.807) is 24.3 Å². The fraction of sp³-hybridized carbons (Fsp3) is 0.0526. The Morgan fingerprint density at radius 2 is 1.46 bits per heavy atom. The number of carbonyl (C=O) groups excluding carboxylic acids is 2. The molecule has 3 N–H and O–H groups in total. The summed E-state index contributed by atoms with van der Waals surface area (Å²) in [5, 5.41) is 8.07. The molecule has 9 heteroatoms. The molecule has 0 radical (unpaired) electrons. The molecule has 0 saturated heterocycles. The standard InChI is InChI=1S/C19H15F2N5O2/c1-11(27)24-12-2-4-13(5-3-12)26-19(28)17-9-18(23-10-22-17)25-14-6-7-15(20)16(21)8-14/h2-10H,1H3,(H,24,27)(H,26,28)(H,22,23,25). The minimum atomic E-state index is -1.00. The van der Waals surface area contributed by atoms with Gasteiger partial charge in [0.15, 0.2) is 11.6 Å². The number of anilines is 4. The summed E-state index contributed by atoms with van der Waals surface area (Å²) < 4.78 is 26.3. The molecular formula is C19H15F2N5O2. The fourth-order valence-corrected chi connectivity index (χ4v) is 2.31. The minimum absolute atomic E-state index is 0.0750. The summed E-state index contributed by atoms with van der Waals surface area (Å²) in [5.41, 5.74) is 1.46. The average Bonchev–Trinajstić information content (AvgIpc) is 2.66. The predicted molar refractivity (Wildman–Crippen MR) is 100 cm³/mol. The van der Waals surface area contributed by atoms with Crippen molar-refractivity contribution in [2.24, 2.45) is 0 Å². The quantitative estimate of drug-likeness (QED) is 0.624. The second-order valence-corrected chi connectivity index (χ2v) is 5.76. The highest BCUT2D eigenvalue weighted by Gasteiger charge is 2.10. The van der Waals surface area contributed by atoms with Gasteiger partial charge < -0.3 is 16.0 Å². The largest absolute Gasteiger partial charge is 0.340 e. The Labute approximate surface area is 158 Å². The van der Waals surface area contributed by atoms with Gasteiger partial charge in [-0.2, -0.15) is 0 Å². The van der Waals surface area contributed by atoms with E-state index in [0.29, 0.717) is 11.4 Å². The average molecular weight is 383 g/mol. The van der Waals surface area contributed by atoms with Crippen LogP contribution >= 0.6 is 0 Å². The van der Waals surface area contributed by atoms with E-state index in [-0.39, 0.29) is 23.1 Å². The highest BCUT2D eigenvalue weighted by Crippen LogP contribution is 2.18. The summed E-state index contributed by atoms with van der Waals surface area (Å²) in [6.07, 6.45) is 1.18. The Morgan fingerprint density at radius 3 is 2.11 bits per heavy atom. The summed E-state index contributed by atoms with van der Waals surface area (Å²) in [6, 6.07) is 11.2. The zero-order valence-corrected chi connectivity index (χ0v) is 14.7. The smallest absolute Gasteiger partial charge is 0.274 e. The lowest BCUT2D eigenvalue weighted by molar-refractivity contribution is -0.114. The highest BCUT2D eigenvalue weighted by molar-refractivity contribution is 6.03. The van der Waals surface area contributed by atoms with Crippen LogP contribution in [0.2, 0.25) is 0 Å². The van der Waals surface area contributed by atoms with Gasteiger partial charge in [-0.3, -0.25) is 9.59 Å². The van der Waals surface area contributed by atoms with Gasteiger partial charge in [-0.05, 0) is 36.4 Å². The monoisotopic (exact) mass is 383 g/mol. The van der Waals surface area contributed by atoms with Gasteiger partial charge in [-0.1, -0.05) is 0 Å². The number of nitrogens with zero attached hydrogens (tertiary/aromatic N) is 2. The third kappa shape index (κ3) is 4.85. The molecule has 1 aromatic heterocycles. The lowest BCUT2D eigenvalue weighted by Crippen LogP contribution is -2.14. The normalized spacial score (nSPS) is 10.2. The third-order valence-electron chi connectivity index (χ3n) is 3.55. The van der Waals surface area contributed by atoms with E-state index < -0.39 is 17.5 Å². The minimum Gasteiger partial charge on any atom is -0.340 e. The molecule has 0 aliphatic heterocycles. The number of nitrogens with one attached hydrogen (secondary N) is 3. The van der Waals surface area contributed by atoms with Gasteiger partial charge >= 0.3 is 0 Å². The lowest BCUT2D eigenvalue weighted by Gasteiger charge is -2.09. The molecule has 0 unspecified atom stereocenters. The first kappa shape index (κ1) is 18.9. The van der Waals surface area contributed by atoms with E-state index in [1.807, 2.05) is 0 Å². The van der Waals surface area contributed by atoms with Crippen LogP contribution in [0.3, 0.4) is 0 Å². The van der Waals surface area contributed by atoms with Crippen LogP contribution in [0, 0.1) is 11.6 Å². The van der Waals surface area contributed by atoms with Crippen LogP contribution in [0.5, 0.6) is 0 Å². The van der Waals surface area contributed by atoms with Gasteiger partial charge in [0.05, 0.1) is 0 Å². The number of rotatable bonds is 5. The fourth-order valence-electron chi connectivity index (χ4n) is 2.31. The van der Waals surface area contributed by atoms with E-state index in [1.165, 1.54) is 25.4 Å². The van der Waals surface area contributed by atoms with E-state index in [0.717, 1.165) is 12.1 Å². The van der Waals surface area contributed by atoms with Gasteiger partial charge in [-0.15, -0.1) is 0 Å². The van der Waals surface area contributed by atoms with Crippen LogP contribution in [0.25, 0.3) is 0 Å². The van der Waals surface area contributed by atoms with Crippen LogP contribution in [-0.2, 0) is 4.79 Å². The molecule has 7 nitrogen and oxygen atoms in total. The number of hydrogen-bond acceptors (Lipinski definition) is 5. The number of benzene rings is 2. The Hall–Kier alpha value is -3.88. The van der Waals surface area contributed by atoms with Crippen molar-refractivity contribution in [1.82, 2.24) is 9.97 Å². The molecule has 0 spiro atoms. The predicted octanol–water partition coefficient (Wildman–Crippen LogP) is 3.71. The van der Waals surface area contributed by atoms with Crippen molar-refractivity contribution in [3.8, 4) is 0 Å². The number of aromatic nitrogens is 2. The van der Waals surface area contributed by atoms with Crippen molar-refractivity contribution in [1.29, 1.82) is 0 Å². The van der Waals surface area contributed by atoms with Gasteiger partial charge in [0, 0.05) is 36.1 Å². The van der Waals surface area contributed by atoms with Crippen LogP contribution in [0.15, 0.2) is 54.9 Å². The maximum Gasteiger partial charge on any atom is 0.274 e. The first-order valence-corrected chi connectivity index (χ1v) is 8.14. The molecule has 28 heavy (non-hydrogen) atoms. The van der Waals surface area contributed by atoms with E-state index in [9.17, 15) is 18.4 Å². The van der Waals surface area contributed by atoms with Crippen molar-refractivity contribution in [2.75, 3.05) is 16.0 Å². The molecule has 0 saturated carbocycles. The molecule has 0 fully saturated rings. The maximum absolute atomic E-state index is 13.3. The van der Waals surface area contributed by atoms with E-state index in [4.69, 9.17) is 0 Å². The molecule has 2 amide bonds. The molecule has 0 aliphatic carbocycles. The molecular weight excluding hydrogens is 368 g/mol. The molecule has 142 valence electrons. The Kier molecular flexibility index (Phi) is 5.54. The molecule has 0 atom stereocenters. The molecule has 2 aromatic carbocycles. The first-order valence-electron chi connectivity index (χ1n) is 8.14. The van der Waals surface area contributed by atoms with Crippen molar-refractivity contribution in [2.45, 2.75) is 6.92 Å². The first-order chi connectivity index (χ1) is 13.4. The second-order valence-electron chi connectivity index (χ2n) is 5.76. The van der Waals surface area contributed by atoms with Crippen molar-refractivity contribution in [3.63, 3.8) is 0 Å². The summed E-state index contributed by atoms with van der Waals surface area (Å²) in [7, 11) is 0. The highest BCUT2D eigenvalue weighted by atomic mass is 19.2. The maximum atomic E-state index is 13.3. The van der Waals surface area contributed by atoms with Crippen molar-refractivity contribution in [3.05, 3.63) is 72.2 Å². The van der Waals surface area contributed by atoms with Gasteiger partial charge in [0.25, 0.3) is 5.91 Å². The third-order valence-corrected chi connectivity index (χ3v) is 3.55. The van der Waals surface area contributed by atoms with Gasteiger partial charge in [0.2, 0.25) is 5.91 Å². The number of hydrogen-bond donors (Lipinski definition) is 3. The topological polar surface area (TPSA) is 96.0 Å². The van der Waals surface area contributed by atoms with Crippen molar-refractivity contribution >= 4 is 34.7 Å². The summed E-state index contributed by atoms with van der Waals surface area (Å²) in [6.45, 7) is 1.40. The molecule has 3 aromatic rings. The molecule has 3 rings (SSSR count). The van der Waals surface area contributed by atoms with E-state index >= 15 is 0 Å². The zero-order chi connectivity index (χ0) is 20.1. The molecule has 0 bridgehead atoms. The van der Waals surface area contributed by atoms with Crippen LogP contribution in [0.4, 0.5) is 31.7 Å². The molecule has 1 heterocycles. The van der Waals surface area contributed by atoms with Crippen molar-refractivity contribution < 1.29 is 18.4 Å². The van der Waals surface area contributed by atoms with E-state index in [2.05, 4.69) is 25.9 Å².